The maximum Gasteiger partial charge on any atom is 0.310 e. The minimum absolute atomic E-state index is 0.0435. The third-order valence-electron chi connectivity index (χ3n) is 9.61. The van der Waals surface area contributed by atoms with Crippen molar-refractivity contribution in [1.82, 2.24) is 0 Å². The maximum absolute atomic E-state index is 14.4. The Morgan fingerprint density at radius 3 is 2.29 bits per heavy atom. The summed E-state index contributed by atoms with van der Waals surface area (Å²) in [5, 5.41) is 58.3. The van der Waals surface area contributed by atoms with E-state index < -0.39 is 92.0 Å². The van der Waals surface area contributed by atoms with Gasteiger partial charge >= 0.3 is 5.97 Å². The van der Waals surface area contributed by atoms with E-state index in [1.807, 2.05) is 0 Å². The molecular formula is C31H36O10. The zero-order chi connectivity index (χ0) is 31.0. The van der Waals surface area contributed by atoms with E-state index in [2.05, 4.69) is 6.58 Å². The van der Waals surface area contributed by atoms with Gasteiger partial charge in [-0.3, -0.25) is 19.2 Å². The fourth-order valence-electron chi connectivity index (χ4n) is 7.47. The van der Waals surface area contributed by atoms with Crippen LogP contribution in [-0.2, 0) is 30.3 Å². The van der Waals surface area contributed by atoms with Crippen LogP contribution in [0.3, 0.4) is 0 Å². The summed E-state index contributed by atoms with van der Waals surface area (Å²) in [6.45, 7) is 12.3. The predicted octanol–water partition coefficient (Wildman–Crippen LogP) is 2.99. The predicted molar refractivity (Wildman–Crippen MR) is 147 cm³/mol. The number of carbonyl (C=O) groups is 4. The van der Waals surface area contributed by atoms with Gasteiger partial charge in [-0.15, -0.1) is 0 Å². The first-order chi connectivity index (χ1) is 18.9. The fourth-order valence-corrected chi connectivity index (χ4v) is 7.47. The maximum atomic E-state index is 14.4. The molecule has 0 saturated heterocycles. The lowest BCUT2D eigenvalue weighted by molar-refractivity contribution is -0.215. The Morgan fingerprint density at radius 2 is 1.76 bits per heavy atom. The van der Waals surface area contributed by atoms with Crippen molar-refractivity contribution >= 4 is 29.1 Å². The van der Waals surface area contributed by atoms with Crippen molar-refractivity contribution in [3.05, 3.63) is 58.4 Å². The quantitative estimate of drug-likeness (QED) is 0.195. The molecule has 0 aromatic heterocycles. The van der Waals surface area contributed by atoms with Gasteiger partial charge < -0.3 is 30.3 Å². The molecule has 1 aromatic carbocycles. The Morgan fingerprint density at radius 1 is 1.15 bits per heavy atom. The van der Waals surface area contributed by atoms with Crippen molar-refractivity contribution in [1.29, 1.82) is 0 Å². The number of carbonyl (C=O) groups excluding carboxylic acids is 4. The van der Waals surface area contributed by atoms with Crippen LogP contribution in [0.2, 0.25) is 0 Å². The number of aromatic hydroxyl groups is 1. The zero-order valence-electron chi connectivity index (χ0n) is 23.9. The first kappa shape index (κ1) is 30.2. The third-order valence-corrected chi connectivity index (χ3v) is 9.61. The minimum atomic E-state index is -2.96. The Bertz CT molecular complexity index is 1470. The summed E-state index contributed by atoms with van der Waals surface area (Å²) in [5.74, 6) is -8.58. The summed E-state index contributed by atoms with van der Waals surface area (Å²) in [5.41, 5.74) is -7.53. The highest BCUT2D eigenvalue weighted by atomic mass is 16.5. The van der Waals surface area contributed by atoms with Gasteiger partial charge in [0, 0.05) is 22.3 Å². The molecule has 0 amide bonds. The minimum Gasteiger partial charge on any atom is -0.508 e. The molecule has 4 rings (SSSR count). The van der Waals surface area contributed by atoms with E-state index in [0.29, 0.717) is 5.56 Å². The van der Waals surface area contributed by atoms with Gasteiger partial charge in [-0.1, -0.05) is 59.4 Å². The van der Waals surface area contributed by atoms with E-state index in [-0.39, 0.29) is 24.2 Å². The molecule has 6 atom stereocenters. The van der Waals surface area contributed by atoms with E-state index in [0.717, 1.165) is 6.92 Å². The summed E-state index contributed by atoms with van der Waals surface area (Å²) in [7, 11) is 0. The number of aliphatic hydroxyl groups is 4. The number of ketones is 3. The molecule has 3 aliphatic rings. The van der Waals surface area contributed by atoms with Crippen LogP contribution in [0.1, 0.15) is 64.2 Å². The summed E-state index contributed by atoms with van der Waals surface area (Å²) < 4.78 is 4.99. The van der Waals surface area contributed by atoms with Gasteiger partial charge in [0.2, 0.25) is 5.78 Å². The van der Waals surface area contributed by atoms with Crippen LogP contribution >= 0.6 is 0 Å². The standard InChI is InChI=1S/C31H36O10/c1-8-11-41-18(33)12-16-9-10-17-14(4)29(6)22(25(36)20(17)23(16)34)27(38)31(40)26(37)19(15(5)32)24(35)21(13(2)3)30(31,7)28(29)39/h8-10,13-14,21,28,34,36-37,39-40H,1,11-12H2,2-7H3/t14-,21?,28-,29+,30+,31+/m1/s1. The molecule has 0 heterocycles. The number of benzene rings is 1. The van der Waals surface area contributed by atoms with Crippen LogP contribution in [0.15, 0.2) is 41.7 Å². The SMILES string of the molecule is C=CCOC(=O)Cc1ccc2c(c1O)C(O)=C1C(=O)[C@@]3(O)C(O)=C(C(C)=O)C(=O)C(C(C)C)[C@@]3(C)[C@H](O)[C@@]1(C)[C@@H]2C. The highest BCUT2D eigenvalue weighted by molar-refractivity contribution is 6.24. The molecule has 41 heavy (non-hydrogen) atoms. The van der Waals surface area contributed by atoms with E-state index in [9.17, 15) is 44.7 Å². The van der Waals surface area contributed by atoms with Gasteiger partial charge in [0.25, 0.3) is 0 Å². The van der Waals surface area contributed by atoms with Crippen molar-refractivity contribution in [2.75, 3.05) is 6.61 Å². The average Bonchev–Trinajstić information content (AvgIpc) is 2.88. The number of phenolic OH excluding ortho intramolecular Hbond substituents is 1. The number of hydrogen-bond donors (Lipinski definition) is 5. The van der Waals surface area contributed by atoms with Crippen LogP contribution in [0.5, 0.6) is 5.75 Å². The van der Waals surface area contributed by atoms with Crippen molar-refractivity contribution < 1.29 is 49.4 Å². The lowest BCUT2D eigenvalue weighted by Crippen LogP contribution is -2.75. The molecule has 1 saturated carbocycles. The molecule has 220 valence electrons. The van der Waals surface area contributed by atoms with Crippen LogP contribution in [-0.4, -0.2) is 67.2 Å². The van der Waals surface area contributed by atoms with Gasteiger partial charge in [-0.2, -0.15) is 0 Å². The topological polar surface area (TPSA) is 179 Å². The molecule has 0 aliphatic heterocycles. The number of esters is 1. The van der Waals surface area contributed by atoms with Crippen molar-refractivity contribution in [2.45, 2.75) is 65.6 Å². The first-order valence-electron chi connectivity index (χ1n) is 13.4. The van der Waals surface area contributed by atoms with Gasteiger partial charge in [0.1, 0.15) is 29.4 Å². The first-order valence-corrected chi connectivity index (χ1v) is 13.4. The van der Waals surface area contributed by atoms with Crippen LogP contribution < -0.4 is 0 Å². The van der Waals surface area contributed by atoms with E-state index >= 15 is 0 Å². The normalized spacial score (nSPS) is 32.9. The van der Waals surface area contributed by atoms with E-state index in [1.54, 1.807) is 26.8 Å². The van der Waals surface area contributed by atoms with E-state index in [1.165, 1.54) is 26.0 Å². The van der Waals surface area contributed by atoms with Gasteiger partial charge in [0.15, 0.2) is 17.2 Å². The summed E-state index contributed by atoms with van der Waals surface area (Å²) >= 11 is 0. The van der Waals surface area contributed by atoms with Crippen LogP contribution in [0.25, 0.3) is 5.76 Å². The Balaban J connectivity index is 2.04. The largest absolute Gasteiger partial charge is 0.508 e. The van der Waals surface area contributed by atoms with Gasteiger partial charge in [-0.05, 0) is 24.3 Å². The van der Waals surface area contributed by atoms with Gasteiger partial charge in [0.05, 0.1) is 23.7 Å². The molecule has 0 spiro atoms. The van der Waals surface area contributed by atoms with Crippen molar-refractivity contribution in [2.24, 2.45) is 22.7 Å². The number of ether oxygens (including phenoxy) is 1. The number of Topliss-reactive ketones (excluding diaryl/α,β-unsaturated/α-hetero) is 3. The molecule has 1 unspecified atom stereocenters. The number of hydrogen-bond acceptors (Lipinski definition) is 10. The smallest absolute Gasteiger partial charge is 0.310 e. The molecule has 5 N–H and O–H groups in total. The number of rotatable bonds is 6. The summed E-state index contributed by atoms with van der Waals surface area (Å²) in [4.78, 5) is 52.7. The molecule has 0 bridgehead atoms. The Kier molecular flexibility index (Phi) is 7.12. The Labute approximate surface area is 237 Å². The number of phenols is 1. The molecular weight excluding hydrogens is 532 g/mol. The van der Waals surface area contributed by atoms with Crippen molar-refractivity contribution in [3.63, 3.8) is 0 Å². The second kappa shape index (κ2) is 9.66. The van der Waals surface area contributed by atoms with E-state index in [4.69, 9.17) is 4.74 Å². The molecule has 1 aromatic rings. The van der Waals surface area contributed by atoms with Crippen LogP contribution in [0, 0.1) is 22.7 Å². The molecule has 3 aliphatic carbocycles. The Hall–Kier alpha value is -3.76. The zero-order valence-corrected chi connectivity index (χ0v) is 23.9. The number of fused-ring (bicyclic) bond motifs is 3. The monoisotopic (exact) mass is 568 g/mol. The average molecular weight is 569 g/mol. The van der Waals surface area contributed by atoms with Crippen LogP contribution in [0.4, 0.5) is 0 Å². The summed E-state index contributed by atoms with van der Waals surface area (Å²) in [6.07, 6.45) is -0.684. The highest BCUT2D eigenvalue weighted by Crippen LogP contribution is 2.67. The second-order valence-corrected chi connectivity index (χ2v) is 12.0. The molecule has 0 radical (unpaired) electrons. The lowest BCUT2D eigenvalue weighted by Gasteiger charge is -2.63. The third kappa shape index (κ3) is 3.63. The molecule has 10 heteroatoms. The number of allylic oxidation sites excluding steroid dienone is 1. The van der Waals surface area contributed by atoms with Gasteiger partial charge in [-0.25, -0.2) is 0 Å². The number of aliphatic hydroxyl groups excluding tert-OH is 3. The molecule has 1 fully saturated rings. The highest BCUT2D eigenvalue weighted by Gasteiger charge is 2.77. The lowest BCUT2D eigenvalue weighted by atomic mass is 9.40. The summed E-state index contributed by atoms with van der Waals surface area (Å²) in [6, 6.07) is 3.04. The molecule has 10 nitrogen and oxygen atoms in total. The second-order valence-electron chi connectivity index (χ2n) is 12.0. The van der Waals surface area contributed by atoms with Crippen molar-refractivity contribution in [3.8, 4) is 5.75 Å². The fraction of sp³-hybridized carbons (Fsp3) is 0.484.